The van der Waals surface area contributed by atoms with E-state index in [2.05, 4.69) is 12.2 Å². The molecule has 7 rings (SSSR count). The first kappa shape index (κ1) is 51.3. The van der Waals surface area contributed by atoms with Crippen molar-refractivity contribution in [1.82, 2.24) is 5.06 Å². The molecule has 0 unspecified atom stereocenters. The zero-order valence-electron chi connectivity index (χ0n) is 39.5. The van der Waals surface area contributed by atoms with E-state index in [1.165, 1.54) is 22.9 Å². The van der Waals surface area contributed by atoms with Crippen LogP contribution in [0.25, 0.3) is 10.8 Å². The number of ether oxygens (including phenoxy) is 3. The molecule has 3 aliphatic heterocycles. The second-order valence-corrected chi connectivity index (χ2v) is 21.1. The van der Waals surface area contributed by atoms with E-state index >= 15 is 0 Å². The van der Waals surface area contributed by atoms with Crippen LogP contribution in [0.4, 0.5) is 11.4 Å². The highest BCUT2D eigenvalue weighted by Crippen LogP contribution is 2.49. The number of carbonyl (C=O) groups is 3. The van der Waals surface area contributed by atoms with Crippen LogP contribution in [0, 0.1) is 0 Å². The van der Waals surface area contributed by atoms with Crippen LogP contribution in [0.2, 0.25) is 0 Å². The van der Waals surface area contributed by atoms with Gasteiger partial charge in [0.15, 0.2) is 6.61 Å². The molecule has 69 heavy (non-hydrogen) atoms. The molecule has 1 saturated heterocycles. The maximum Gasteiger partial charge on any atom is 0.333 e. The number of benzene rings is 3. The van der Waals surface area contributed by atoms with Crippen molar-refractivity contribution in [2.45, 2.75) is 99.7 Å². The summed E-state index contributed by atoms with van der Waals surface area (Å²) in [6, 6.07) is 13.4. The summed E-state index contributed by atoms with van der Waals surface area (Å²) in [4.78, 5) is 47.8. The number of hydrogen-bond donors (Lipinski definition) is 1. The highest BCUT2D eigenvalue weighted by molar-refractivity contribution is 7.86. The van der Waals surface area contributed by atoms with E-state index in [-0.39, 0.29) is 61.2 Å². The van der Waals surface area contributed by atoms with Gasteiger partial charge in [-0.05, 0) is 104 Å². The number of anilines is 1. The maximum atomic E-state index is 13.0. The topological polar surface area (TPSA) is 218 Å². The lowest BCUT2D eigenvalue weighted by atomic mass is 9.78. The first-order valence-electron chi connectivity index (χ1n) is 23.0. The standard InChI is InChI=1S/C50H59N3O14S2/c1-49(2)39-33-37(68(57,58)59)18-19-40(39)51(5)42(49)20-16-34-11-10-12-35(31-34)17-21-43-50(3,4)47-38-14-7-6-13-36(38)32-41(69(60,61)62)48(47)52(43)66-30-29-65-28-27-64-26-25-63-24-9-8-15-46(56)67-53-44(54)22-23-45(53)55/h6-7,13-14,16-21,31-33H,8-12,15,22-30H2,1-5H3,(H-,57,58,59,60,61,62). The number of imide groups is 1. The summed E-state index contributed by atoms with van der Waals surface area (Å²) in [5.41, 5.74) is 4.83. The molecule has 1 aliphatic carbocycles. The van der Waals surface area contributed by atoms with Gasteiger partial charge >= 0.3 is 5.97 Å². The van der Waals surface area contributed by atoms with E-state index < -0.39 is 48.8 Å². The first-order valence-corrected chi connectivity index (χ1v) is 25.8. The number of hydroxylamine groups is 2. The molecule has 4 aliphatic rings. The minimum absolute atomic E-state index is 0.0232. The Bertz CT molecular complexity index is 2880. The van der Waals surface area contributed by atoms with Gasteiger partial charge < -0.3 is 28.5 Å². The fraction of sp³-hybridized carbons (Fsp3) is 0.440. The molecule has 19 heteroatoms. The molecule has 17 nitrogen and oxygen atoms in total. The van der Waals surface area contributed by atoms with Crippen LogP contribution in [0.3, 0.4) is 0 Å². The molecule has 3 aromatic carbocycles. The van der Waals surface area contributed by atoms with Gasteiger partial charge in [0, 0.05) is 60.5 Å². The Balaban J connectivity index is 0.988. The minimum Gasteiger partial charge on any atom is -0.744 e. The largest absolute Gasteiger partial charge is 0.744 e. The SMILES string of the molecule is CN1/C(=C/C=C2C=C(/C=C/C3=[N+](OCCOCCOCCOCCCCC(=O)ON4C(=O)CCC4=O)c4c(S(=O)(=O)[O-])cc5ccccc5c4C3(C)C)CCC/2)C(C)(C)c2cc(S(=O)(=O)O)ccc21. The first-order chi connectivity index (χ1) is 32.7. The molecule has 0 saturated carbocycles. The fourth-order valence-electron chi connectivity index (χ4n) is 9.25. The fourth-order valence-corrected chi connectivity index (χ4v) is 10.4. The van der Waals surface area contributed by atoms with Crippen molar-refractivity contribution in [3.63, 3.8) is 0 Å². The lowest BCUT2D eigenvalue weighted by molar-refractivity contribution is -0.729. The second kappa shape index (κ2) is 21.2. The number of carbonyl (C=O) groups excluding carboxylic acids is 3. The van der Waals surface area contributed by atoms with Crippen LogP contribution >= 0.6 is 0 Å². The van der Waals surface area contributed by atoms with Gasteiger partial charge in [-0.2, -0.15) is 8.42 Å². The van der Waals surface area contributed by atoms with Gasteiger partial charge in [-0.15, -0.1) is 5.06 Å². The second-order valence-electron chi connectivity index (χ2n) is 18.3. The molecule has 0 radical (unpaired) electrons. The molecular formula is C50H59N3O14S2. The number of amides is 2. The van der Waals surface area contributed by atoms with Crippen molar-refractivity contribution < 1.29 is 68.9 Å². The highest BCUT2D eigenvalue weighted by Gasteiger charge is 2.50. The Hall–Kier alpha value is -5.54. The van der Waals surface area contributed by atoms with Gasteiger partial charge in [0.25, 0.3) is 27.6 Å². The van der Waals surface area contributed by atoms with E-state index in [4.69, 9.17) is 23.9 Å². The smallest absolute Gasteiger partial charge is 0.333 e. The molecule has 370 valence electrons. The van der Waals surface area contributed by atoms with Gasteiger partial charge in [-0.25, -0.2) is 13.2 Å². The molecule has 1 fully saturated rings. The van der Waals surface area contributed by atoms with E-state index in [0.717, 1.165) is 52.7 Å². The lowest BCUT2D eigenvalue weighted by Gasteiger charge is -2.24. The number of hydrogen-bond acceptors (Lipinski definition) is 14. The third-order valence-electron chi connectivity index (χ3n) is 12.8. The minimum atomic E-state index is -4.96. The van der Waals surface area contributed by atoms with E-state index in [9.17, 15) is 40.3 Å². The van der Waals surface area contributed by atoms with Gasteiger partial charge in [-0.1, -0.05) is 56.3 Å². The van der Waals surface area contributed by atoms with Crippen molar-refractivity contribution in [1.29, 1.82) is 0 Å². The maximum absolute atomic E-state index is 13.0. The van der Waals surface area contributed by atoms with Crippen molar-refractivity contribution in [2.75, 3.05) is 58.2 Å². The predicted octanol–water partition coefficient (Wildman–Crippen LogP) is 7.03. The summed E-state index contributed by atoms with van der Waals surface area (Å²) in [6.45, 7) is 9.68. The van der Waals surface area contributed by atoms with Crippen molar-refractivity contribution in [3.05, 3.63) is 107 Å². The van der Waals surface area contributed by atoms with Gasteiger partial charge in [0.2, 0.25) is 5.71 Å². The highest BCUT2D eigenvalue weighted by atomic mass is 32.2. The quantitative estimate of drug-likeness (QED) is 0.0490. The average molecular weight is 990 g/mol. The number of rotatable bonds is 21. The molecule has 0 atom stereocenters. The summed E-state index contributed by atoms with van der Waals surface area (Å²) in [7, 11) is -7.40. The van der Waals surface area contributed by atoms with Gasteiger partial charge in [-0.3, -0.25) is 19.0 Å². The number of likely N-dealkylation sites (N-methyl/N-ethyl adjacent to an activating group) is 1. The van der Waals surface area contributed by atoms with Crippen molar-refractivity contribution >= 4 is 65.9 Å². The molecule has 3 aromatic rings. The molecule has 2 amide bonds. The predicted molar refractivity (Wildman–Crippen MR) is 254 cm³/mol. The van der Waals surface area contributed by atoms with Crippen LogP contribution in [0.15, 0.2) is 106 Å². The van der Waals surface area contributed by atoms with E-state index in [0.29, 0.717) is 54.4 Å². The van der Waals surface area contributed by atoms with E-state index in [1.807, 2.05) is 70.0 Å². The summed E-state index contributed by atoms with van der Waals surface area (Å²) in [5.74, 6) is -1.68. The number of nitrogens with zero attached hydrogens (tertiary/aromatic N) is 3. The van der Waals surface area contributed by atoms with Gasteiger partial charge in [0.05, 0.1) is 48.9 Å². The monoisotopic (exact) mass is 989 g/mol. The summed E-state index contributed by atoms with van der Waals surface area (Å²) in [5, 5.41) is 1.94. The molecule has 0 bridgehead atoms. The Morgan fingerprint density at radius 3 is 2.16 bits per heavy atom. The van der Waals surface area contributed by atoms with Crippen LogP contribution in [-0.2, 0) is 69.3 Å². The van der Waals surface area contributed by atoms with E-state index in [1.54, 1.807) is 18.2 Å². The average Bonchev–Trinajstić information content (AvgIpc) is 3.80. The zero-order chi connectivity index (χ0) is 49.7. The zero-order valence-corrected chi connectivity index (χ0v) is 41.2. The molecule has 0 aromatic heterocycles. The summed E-state index contributed by atoms with van der Waals surface area (Å²) >= 11 is 0. The number of unbranched alkanes of at least 4 members (excludes halogenated alkanes) is 1. The third-order valence-corrected chi connectivity index (χ3v) is 14.5. The molecular weight excluding hydrogens is 931 g/mol. The van der Waals surface area contributed by atoms with Gasteiger partial charge in [0.1, 0.15) is 15.0 Å². The van der Waals surface area contributed by atoms with Crippen LogP contribution in [-0.4, -0.2) is 113 Å². The Morgan fingerprint density at radius 2 is 1.48 bits per heavy atom. The van der Waals surface area contributed by atoms with Crippen LogP contribution in [0.5, 0.6) is 0 Å². The Kier molecular flexibility index (Phi) is 15.8. The lowest BCUT2D eigenvalue weighted by Crippen LogP contribution is -2.31. The summed E-state index contributed by atoms with van der Waals surface area (Å²) in [6.07, 6.45) is 13.9. The summed E-state index contributed by atoms with van der Waals surface area (Å²) < 4.78 is 90.9. The molecule has 3 heterocycles. The molecule has 1 N–H and O–H groups in total. The van der Waals surface area contributed by atoms with Crippen LogP contribution in [0.1, 0.15) is 90.2 Å². The number of fused-ring (bicyclic) bond motifs is 4. The normalized spacial score (nSPS) is 19.1. The van der Waals surface area contributed by atoms with Crippen molar-refractivity contribution in [3.8, 4) is 0 Å². The van der Waals surface area contributed by atoms with Crippen LogP contribution < -0.4 is 4.90 Å². The molecule has 0 spiro atoms. The third kappa shape index (κ3) is 11.6. The Morgan fingerprint density at radius 1 is 0.812 bits per heavy atom. The number of allylic oxidation sites excluding steroid dienone is 8. The van der Waals surface area contributed by atoms with Crippen molar-refractivity contribution in [2.24, 2.45) is 0 Å². The Labute approximate surface area is 403 Å².